The van der Waals surface area contributed by atoms with Gasteiger partial charge in [0.2, 0.25) is 5.95 Å². The van der Waals surface area contributed by atoms with Crippen molar-refractivity contribution in [2.24, 2.45) is 5.73 Å². The van der Waals surface area contributed by atoms with Crippen molar-refractivity contribution in [1.82, 2.24) is 9.97 Å². The van der Waals surface area contributed by atoms with Gasteiger partial charge in [-0.05, 0) is 24.3 Å². The Balaban J connectivity index is 2.35. The molecule has 6 heteroatoms. The van der Waals surface area contributed by atoms with Crippen molar-refractivity contribution in [1.29, 1.82) is 0 Å². The average Bonchev–Trinajstić information content (AvgIpc) is 2.39. The Labute approximate surface area is 115 Å². The van der Waals surface area contributed by atoms with Crippen molar-refractivity contribution in [2.75, 3.05) is 18.4 Å². The molecule has 0 bridgehead atoms. The minimum absolute atomic E-state index is 0.519. The van der Waals surface area contributed by atoms with Crippen LogP contribution in [0, 0.1) is 0 Å². The lowest BCUT2D eigenvalue weighted by atomic mass is 10.1. The number of rotatable bonds is 4. The van der Waals surface area contributed by atoms with Crippen molar-refractivity contribution in [3.05, 3.63) is 40.5 Å². The van der Waals surface area contributed by atoms with E-state index in [1.54, 1.807) is 30.5 Å². The highest BCUT2D eigenvalue weighted by molar-refractivity contribution is 6.35. The van der Waals surface area contributed by atoms with Crippen molar-refractivity contribution >= 4 is 29.2 Å². The van der Waals surface area contributed by atoms with E-state index in [1.165, 1.54) is 0 Å². The first-order valence-electron chi connectivity index (χ1n) is 5.43. The zero-order valence-electron chi connectivity index (χ0n) is 9.53. The molecule has 0 atom stereocenters. The molecule has 0 radical (unpaired) electrons. The smallest absolute Gasteiger partial charge is 0.223 e. The summed E-state index contributed by atoms with van der Waals surface area (Å²) in [7, 11) is 0. The summed E-state index contributed by atoms with van der Waals surface area (Å²) in [6, 6.07) is 7.04. The Hall–Kier alpha value is -1.36. The second-order valence-electron chi connectivity index (χ2n) is 3.61. The second-order valence-corrected chi connectivity index (χ2v) is 4.45. The van der Waals surface area contributed by atoms with Gasteiger partial charge in [0.15, 0.2) is 0 Å². The molecule has 1 aromatic heterocycles. The van der Waals surface area contributed by atoms with E-state index in [-0.39, 0.29) is 0 Å². The third-order valence-electron chi connectivity index (χ3n) is 2.29. The van der Waals surface area contributed by atoms with Crippen LogP contribution in [0.15, 0.2) is 30.5 Å². The summed E-state index contributed by atoms with van der Waals surface area (Å²) in [5, 5.41) is 4.23. The van der Waals surface area contributed by atoms with Gasteiger partial charge in [-0.2, -0.15) is 0 Å². The largest absolute Gasteiger partial charge is 0.353 e. The standard InChI is InChI=1S/C12H12Cl2N4/c13-8-1-2-10(14)9(7-8)11-3-5-16-12(18-11)17-6-4-15/h1-3,5,7H,4,6,15H2,(H,16,17,18). The van der Waals surface area contributed by atoms with E-state index in [0.717, 1.165) is 11.3 Å². The number of aromatic nitrogens is 2. The predicted octanol–water partition coefficient (Wildman–Crippen LogP) is 2.82. The van der Waals surface area contributed by atoms with Crippen LogP contribution >= 0.6 is 23.2 Å². The Morgan fingerprint density at radius 3 is 2.83 bits per heavy atom. The first-order valence-corrected chi connectivity index (χ1v) is 6.18. The molecule has 0 saturated carbocycles. The van der Waals surface area contributed by atoms with E-state index in [4.69, 9.17) is 28.9 Å². The fraction of sp³-hybridized carbons (Fsp3) is 0.167. The summed E-state index contributed by atoms with van der Waals surface area (Å²) >= 11 is 12.1. The van der Waals surface area contributed by atoms with Crippen LogP contribution in [0.2, 0.25) is 10.0 Å². The molecule has 1 aromatic carbocycles. The van der Waals surface area contributed by atoms with Gasteiger partial charge in [0.05, 0.1) is 10.7 Å². The van der Waals surface area contributed by atoms with E-state index in [0.29, 0.717) is 29.1 Å². The number of benzene rings is 1. The number of anilines is 1. The molecule has 0 saturated heterocycles. The average molecular weight is 283 g/mol. The van der Waals surface area contributed by atoms with Crippen molar-refractivity contribution in [2.45, 2.75) is 0 Å². The third kappa shape index (κ3) is 3.10. The maximum atomic E-state index is 6.13. The first-order chi connectivity index (χ1) is 8.70. The van der Waals surface area contributed by atoms with E-state index < -0.39 is 0 Å². The number of hydrogen-bond donors (Lipinski definition) is 2. The summed E-state index contributed by atoms with van der Waals surface area (Å²) in [6.07, 6.45) is 1.67. The zero-order valence-corrected chi connectivity index (χ0v) is 11.0. The molecular weight excluding hydrogens is 271 g/mol. The molecule has 4 nitrogen and oxygen atoms in total. The van der Waals surface area contributed by atoms with Crippen LogP contribution in [0.5, 0.6) is 0 Å². The number of hydrogen-bond acceptors (Lipinski definition) is 4. The highest BCUT2D eigenvalue weighted by Crippen LogP contribution is 2.29. The number of nitrogens with zero attached hydrogens (tertiary/aromatic N) is 2. The molecule has 2 aromatic rings. The van der Waals surface area contributed by atoms with E-state index in [2.05, 4.69) is 15.3 Å². The Morgan fingerprint density at radius 2 is 2.06 bits per heavy atom. The van der Waals surface area contributed by atoms with Crippen LogP contribution < -0.4 is 11.1 Å². The summed E-state index contributed by atoms with van der Waals surface area (Å²) in [5.74, 6) is 0.522. The van der Waals surface area contributed by atoms with Crippen molar-refractivity contribution < 1.29 is 0 Å². The monoisotopic (exact) mass is 282 g/mol. The fourth-order valence-electron chi connectivity index (χ4n) is 1.47. The molecule has 2 rings (SSSR count). The van der Waals surface area contributed by atoms with E-state index in [1.807, 2.05) is 0 Å². The summed E-state index contributed by atoms with van der Waals surface area (Å²) in [6.45, 7) is 1.14. The van der Waals surface area contributed by atoms with Crippen LogP contribution in [-0.2, 0) is 0 Å². The summed E-state index contributed by atoms with van der Waals surface area (Å²) in [5.41, 5.74) is 6.91. The van der Waals surface area contributed by atoms with Gasteiger partial charge in [0.1, 0.15) is 0 Å². The van der Waals surface area contributed by atoms with Crippen LogP contribution in [0.25, 0.3) is 11.3 Å². The highest BCUT2D eigenvalue weighted by atomic mass is 35.5. The zero-order chi connectivity index (χ0) is 13.0. The molecule has 3 N–H and O–H groups in total. The molecule has 94 valence electrons. The SMILES string of the molecule is NCCNc1nccc(-c2cc(Cl)ccc2Cl)n1. The third-order valence-corrected chi connectivity index (χ3v) is 2.85. The quantitative estimate of drug-likeness (QED) is 0.905. The minimum Gasteiger partial charge on any atom is -0.353 e. The van der Waals surface area contributed by atoms with Gasteiger partial charge in [0, 0.05) is 29.9 Å². The Kier molecular flexibility index (Phi) is 4.36. The van der Waals surface area contributed by atoms with Crippen LogP contribution in [-0.4, -0.2) is 23.1 Å². The molecule has 0 unspecified atom stereocenters. The molecule has 0 fully saturated rings. The lowest BCUT2D eigenvalue weighted by molar-refractivity contribution is 0.990. The van der Waals surface area contributed by atoms with Gasteiger partial charge < -0.3 is 11.1 Å². The molecule has 0 spiro atoms. The van der Waals surface area contributed by atoms with Gasteiger partial charge in [0.25, 0.3) is 0 Å². The van der Waals surface area contributed by atoms with E-state index in [9.17, 15) is 0 Å². The number of nitrogens with one attached hydrogen (secondary N) is 1. The topological polar surface area (TPSA) is 63.8 Å². The summed E-state index contributed by atoms with van der Waals surface area (Å²) in [4.78, 5) is 8.46. The molecule has 0 aliphatic rings. The molecule has 18 heavy (non-hydrogen) atoms. The summed E-state index contributed by atoms with van der Waals surface area (Å²) < 4.78 is 0. The van der Waals surface area contributed by atoms with Gasteiger partial charge in [-0.3, -0.25) is 0 Å². The van der Waals surface area contributed by atoms with E-state index >= 15 is 0 Å². The molecule has 0 amide bonds. The predicted molar refractivity (Wildman–Crippen MR) is 75.0 cm³/mol. The lowest BCUT2D eigenvalue weighted by Crippen LogP contribution is -2.14. The number of nitrogens with two attached hydrogens (primary N) is 1. The molecule has 0 aliphatic carbocycles. The Morgan fingerprint density at radius 1 is 1.22 bits per heavy atom. The van der Waals surface area contributed by atoms with Crippen LogP contribution in [0.4, 0.5) is 5.95 Å². The van der Waals surface area contributed by atoms with Crippen molar-refractivity contribution in [3.63, 3.8) is 0 Å². The van der Waals surface area contributed by atoms with Crippen molar-refractivity contribution in [3.8, 4) is 11.3 Å². The lowest BCUT2D eigenvalue weighted by Gasteiger charge is -2.07. The number of halogens is 2. The maximum Gasteiger partial charge on any atom is 0.223 e. The first kappa shape index (κ1) is 13.1. The van der Waals surface area contributed by atoms with Crippen LogP contribution in [0.3, 0.4) is 0 Å². The van der Waals surface area contributed by atoms with Gasteiger partial charge in [-0.15, -0.1) is 0 Å². The van der Waals surface area contributed by atoms with Crippen LogP contribution in [0.1, 0.15) is 0 Å². The minimum atomic E-state index is 0.519. The Bertz CT molecular complexity index is 545. The van der Waals surface area contributed by atoms with Gasteiger partial charge >= 0.3 is 0 Å². The maximum absolute atomic E-state index is 6.13. The molecule has 1 heterocycles. The van der Waals surface area contributed by atoms with Gasteiger partial charge in [-0.1, -0.05) is 23.2 Å². The highest BCUT2D eigenvalue weighted by Gasteiger charge is 2.07. The van der Waals surface area contributed by atoms with Gasteiger partial charge in [-0.25, -0.2) is 9.97 Å². The second kappa shape index (κ2) is 6.00. The molecular formula is C12H12Cl2N4. The fourth-order valence-corrected chi connectivity index (χ4v) is 1.86. The molecule has 0 aliphatic heterocycles. The normalized spacial score (nSPS) is 10.4.